The zero-order valence-corrected chi connectivity index (χ0v) is 12.3. The molecule has 1 aromatic heterocycles. The summed E-state index contributed by atoms with van der Waals surface area (Å²) in [5.41, 5.74) is -1.58. The van der Waals surface area contributed by atoms with Crippen molar-refractivity contribution in [3.05, 3.63) is 26.5 Å². The average Bonchev–Trinajstić information content (AvgIpc) is 2.49. The van der Waals surface area contributed by atoms with Crippen molar-refractivity contribution in [2.24, 2.45) is 12.1 Å². The van der Waals surface area contributed by atoms with Gasteiger partial charge < -0.3 is 4.74 Å². The highest BCUT2D eigenvalue weighted by Crippen LogP contribution is 2.13. The van der Waals surface area contributed by atoms with Crippen molar-refractivity contribution in [3.8, 4) is 0 Å². The van der Waals surface area contributed by atoms with Gasteiger partial charge in [-0.1, -0.05) is 0 Å². The topological polar surface area (TPSA) is 116 Å². The van der Waals surface area contributed by atoms with Crippen molar-refractivity contribution >= 4 is 17.9 Å². The van der Waals surface area contributed by atoms with Gasteiger partial charge in [-0.2, -0.15) is 10.2 Å². The van der Waals surface area contributed by atoms with E-state index < -0.39 is 28.9 Å². The van der Waals surface area contributed by atoms with Crippen molar-refractivity contribution in [1.82, 2.24) is 19.4 Å². The van der Waals surface area contributed by atoms with Crippen LogP contribution in [0.25, 0.3) is 0 Å². The Morgan fingerprint density at radius 2 is 1.91 bits per heavy atom. The summed E-state index contributed by atoms with van der Waals surface area (Å²) in [5, 5.41) is 8.44. The van der Waals surface area contributed by atoms with Gasteiger partial charge >= 0.3 is 11.6 Å². The van der Waals surface area contributed by atoms with Crippen LogP contribution in [0.4, 0.5) is 0 Å². The van der Waals surface area contributed by atoms with E-state index in [0.717, 1.165) is 14.3 Å². The SMILES string of the molecule is COCCn1c(=O)c(C2C=NN(C)C(=O)C2=O)nn(C)c1=O. The maximum Gasteiger partial charge on any atom is 0.347 e. The molecular formula is C12H15N5O5. The van der Waals surface area contributed by atoms with Gasteiger partial charge in [0.15, 0.2) is 0 Å². The van der Waals surface area contributed by atoms with Crippen LogP contribution in [0.2, 0.25) is 0 Å². The summed E-state index contributed by atoms with van der Waals surface area (Å²) in [6.07, 6.45) is 1.17. The fraction of sp³-hybridized carbons (Fsp3) is 0.500. The van der Waals surface area contributed by atoms with E-state index in [2.05, 4.69) is 10.2 Å². The number of nitrogens with zero attached hydrogens (tertiary/aromatic N) is 5. The minimum Gasteiger partial charge on any atom is -0.383 e. The summed E-state index contributed by atoms with van der Waals surface area (Å²) < 4.78 is 6.70. The molecule has 0 radical (unpaired) electrons. The second-order valence-corrected chi connectivity index (χ2v) is 4.68. The van der Waals surface area contributed by atoms with Crippen molar-refractivity contribution < 1.29 is 14.3 Å². The Morgan fingerprint density at radius 3 is 2.55 bits per heavy atom. The number of likely N-dealkylation sites (N-methyl/N-ethyl adjacent to an activating group) is 1. The van der Waals surface area contributed by atoms with E-state index in [-0.39, 0.29) is 18.8 Å². The molecule has 10 heteroatoms. The van der Waals surface area contributed by atoms with Crippen molar-refractivity contribution in [1.29, 1.82) is 0 Å². The van der Waals surface area contributed by atoms with Gasteiger partial charge in [0.2, 0.25) is 5.78 Å². The number of Topliss-reactive ketones (excluding diaryl/α,β-unsaturated/α-hetero) is 1. The summed E-state index contributed by atoms with van der Waals surface area (Å²) in [6, 6.07) is 0. The van der Waals surface area contributed by atoms with E-state index in [1.807, 2.05) is 0 Å². The van der Waals surface area contributed by atoms with E-state index in [9.17, 15) is 19.2 Å². The van der Waals surface area contributed by atoms with E-state index in [4.69, 9.17) is 4.74 Å². The van der Waals surface area contributed by atoms with E-state index >= 15 is 0 Å². The summed E-state index contributed by atoms with van der Waals surface area (Å²) in [5.74, 6) is -2.86. The minimum atomic E-state index is -1.20. The molecule has 0 saturated carbocycles. The molecule has 1 aliphatic heterocycles. The summed E-state index contributed by atoms with van der Waals surface area (Å²) in [4.78, 5) is 48.0. The lowest BCUT2D eigenvalue weighted by molar-refractivity contribution is -0.144. The number of methoxy groups -OCH3 is 1. The lowest BCUT2D eigenvalue weighted by atomic mass is 10.00. The standard InChI is InChI=1S/C12H15N5O5/c1-15-11(20)9(18)7(6-13-15)8-10(19)17(4-5-22-3)12(21)16(2)14-8/h6-7H,4-5H2,1-3H3. The first-order valence-corrected chi connectivity index (χ1v) is 6.41. The molecule has 22 heavy (non-hydrogen) atoms. The molecule has 0 N–H and O–H groups in total. The molecule has 1 unspecified atom stereocenters. The van der Waals surface area contributed by atoms with Crippen LogP contribution in [-0.4, -0.2) is 58.0 Å². The molecule has 0 aliphatic carbocycles. The van der Waals surface area contributed by atoms with Crippen molar-refractivity contribution in [2.75, 3.05) is 20.8 Å². The summed E-state index contributed by atoms with van der Waals surface area (Å²) in [6.45, 7) is 0.163. The smallest absolute Gasteiger partial charge is 0.347 e. The van der Waals surface area contributed by atoms with Crippen LogP contribution in [0.1, 0.15) is 11.6 Å². The molecule has 1 aromatic rings. The number of hydrogen-bond donors (Lipinski definition) is 0. The normalized spacial score (nSPS) is 18.1. The van der Waals surface area contributed by atoms with Crippen LogP contribution in [0.3, 0.4) is 0 Å². The van der Waals surface area contributed by atoms with Gasteiger partial charge in [0, 0.05) is 27.4 Å². The molecular weight excluding hydrogens is 294 g/mol. The Bertz CT molecular complexity index is 762. The number of aryl methyl sites for hydroxylation is 1. The molecule has 1 aliphatic rings. The molecule has 0 saturated heterocycles. The van der Waals surface area contributed by atoms with Crippen LogP contribution in [0.5, 0.6) is 0 Å². The molecule has 0 spiro atoms. The van der Waals surface area contributed by atoms with Gasteiger partial charge in [-0.15, -0.1) is 0 Å². The number of hydrogen-bond acceptors (Lipinski definition) is 7. The number of ether oxygens (including phenoxy) is 1. The Hall–Kier alpha value is -2.62. The molecule has 0 fully saturated rings. The largest absolute Gasteiger partial charge is 0.383 e. The maximum absolute atomic E-state index is 12.4. The number of rotatable bonds is 4. The Balaban J connectivity index is 2.57. The first-order chi connectivity index (χ1) is 10.4. The summed E-state index contributed by atoms with van der Waals surface area (Å²) >= 11 is 0. The zero-order chi connectivity index (χ0) is 16.4. The monoisotopic (exact) mass is 309 g/mol. The van der Waals surface area contributed by atoms with Gasteiger partial charge in [0.1, 0.15) is 11.6 Å². The van der Waals surface area contributed by atoms with Crippen molar-refractivity contribution in [3.63, 3.8) is 0 Å². The quantitative estimate of drug-likeness (QED) is 0.577. The fourth-order valence-corrected chi connectivity index (χ4v) is 2.00. The fourth-order valence-electron chi connectivity index (χ4n) is 2.00. The predicted molar refractivity (Wildman–Crippen MR) is 74.6 cm³/mol. The van der Waals surface area contributed by atoms with Crippen LogP contribution in [0, 0.1) is 0 Å². The molecule has 0 aromatic carbocycles. The first-order valence-electron chi connectivity index (χ1n) is 6.41. The van der Waals surface area contributed by atoms with Gasteiger partial charge in [-0.3, -0.25) is 19.0 Å². The molecule has 1 atom stereocenters. The van der Waals surface area contributed by atoms with E-state index in [1.54, 1.807) is 0 Å². The zero-order valence-electron chi connectivity index (χ0n) is 12.3. The van der Waals surface area contributed by atoms with Crippen LogP contribution >= 0.6 is 0 Å². The number of ketones is 1. The molecule has 1 amide bonds. The maximum atomic E-state index is 12.4. The molecule has 2 rings (SSSR count). The highest BCUT2D eigenvalue weighted by atomic mass is 16.5. The van der Waals surface area contributed by atoms with E-state index in [0.29, 0.717) is 0 Å². The third kappa shape index (κ3) is 2.60. The third-order valence-electron chi connectivity index (χ3n) is 3.22. The summed E-state index contributed by atoms with van der Waals surface area (Å²) in [7, 11) is 4.12. The minimum absolute atomic E-state index is 0.0173. The van der Waals surface area contributed by atoms with Crippen molar-refractivity contribution in [2.45, 2.75) is 12.5 Å². The highest BCUT2D eigenvalue weighted by molar-refractivity contribution is 6.42. The number of carbonyl (C=O) groups excluding carboxylic acids is 2. The lowest BCUT2D eigenvalue weighted by Crippen LogP contribution is -2.47. The Labute approximate surface area is 124 Å². The molecule has 0 bridgehead atoms. The van der Waals surface area contributed by atoms with Gasteiger partial charge in [-0.05, 0) is 0 Å². The lowest BCUT2D eigenvalue weighted by Gasteiger charge is -2.19. The average molecular weight is 309 g/mol. The van der Waals surface area contributed by atoms with Crippen LogP contribution in [-0.2, 0) is 27.9 Å². The van der Waals surface area contributed by atoms with Gasteiger partial charge in [0.25, 0.3) is 5.56 Å². The van der Waals surface area contributed by atoms with Crippen LogP contribution in [0.15, 0.2) is 14.7 Å². The number of carbonyl (C=O) groups is 2. The second kappa shape index (κ2) is 6.02. The predicted octanol–water partition coefficient (Wildman–Crippen LogP) is -2.30. The van der Waals surface area contributed by atoms with E-state index in [1.165, 1.54) is 27.4 Å². The van der Waals surface area contributed by atoms with Gasteiger partial charge in [0.05, 0.1) is 13.2 Å². The van der Waals surface area contributed by atoms with Crippen LogP contribution < -0.4 is 11.2 Å². The third-order valence-corrected chi connectivity index (χ3v) is 3.22. The molecule has 2 heterocycles. The van der Waals surface area contributed by atoms with Gasteiger partial charge in [-0.25, -0.2) is 14.5 Å². The Kier molecular flexibility index (Phi) is 4.31. The highest BCUT2D eigenvalue weighted by Gasteiger charge is 2.35. The number of hydrazone groups is 1. The number of aromatic nitrogens is 3. The molecule has 10 nitrogen and oxygen atoms in total. The molecule has 118 valence electrons. The Morgan fingerprint density at radius 1 is 1.23 bits per heavy atom. The number of amides is 1. The second-order valence-electron chi connectivity index (χ2n) is 4.68. The first kappa shape index (κ1) is 15.8.